The molecule has 0 spiro atoms. The highest BCUT2D eigenvalue weighted by Crippen LogP contribution is 2.21. The molecular formula is C11H16N4O2S. The number of benzene rings is 1. The highest BCUT2D eigenvalue weighted by atomic mass is 32.2. The fourth-order valence-electron chi connectivity index (χ4n) is 1.39. The van der Waals surface area contributed by atoms with E-state index in [0.717, 1.165) is 6.26 Å². The summed E-state index contributed by atoms with van der Waals surface area (Å²) in [7, 11) is -3.13. The quantitative estimate of drug-likeness (QED) is 0.514. The Bertz CT molecular complexity index is 549. The standard InChI is InChI=1S/C11H16N4O2S/c1-18(16,17)15-7-3-6-14-10-5-2-4-9(8-12)11(10)13/h2,4-5,14-15H,3,6-7,13H2,1H3. The molecule has 6 nitrogen and oxygen atoms in total. The van der Waals surface area contributed by atoms with Crippen LogP contribution in [-0.2, 0) is 10.0 Å². The number of sulfonamides is 1. The van der Waals surface area contributed by atoms with Crippen LogP contribution < -0.4 is 15.8 Å². The van der Waals surface area contributed by atoms with Gasteiger partial charge in [-0.2, -0.15) is 5.26 Å². The van der Waals surface area contributed by atoms with E-state index in [0.29, 0.717) is 36.4 Å². The highest BCUT2D eigenvalue weighted by molar-refractivity contribution is 7.88. The van der Waals surface area contributed by atoms with Gasteiger partial charge in [-0.25, -0.2) is 13.1 Å². The largest absolute Gasteiger partial charge is 0.396 e. The van der Waals surface area contributed by atoms with E-state index in [4.69, 9.17) is 11.0 Å². The van der Waals surface area contributed by atoms with Crippen LogP contribution in [0.25, 0.3) is 0 Å². The lowest BCUT2D eigenvalue weighted by Crippen LogP contribution is -2.24. The van der Waals surface area contributed by atoms with Gasteiger partial charge in [0.15, 0.2) is 0 Å². The van der Waals surface area contributed by atoms with Crippen molar-refractivity contribution in [1.82, 2.24) is 4.72 Å². The van der Waals surface area contributed by atoms with Gasteiger partial charge in [0.25, 0.3) is 0 Å². The van der Waals surface area contributed by atoms with Crippen LogP contribution in [0.4, 0.5) is 11.4 Å². The molecule has 0 aliphatic rings. The highest BCUT2D eigenvalue weighted by Gasteiger charge is 2.03. The van der Waals surface area contributed by atoms with E-state index in [1.54, 1.807) is 18.2 Å². The van der Waals surface area contributed by atoms with Crippen LogP contribution in [0.2, 0.25) is 0 Å². The van der Waals surface area contributed by atoms with E-state index in [1.165, 1.54) is 0 Å². The second-order valence-corrected chi connectivity index (χ2v) is 5.66. The van der Waals surface area contributed by atoms with Gasteiger partial charge in [-0.15, -0.1) is 0 Å². The predicted molar refractivity (Wildman–Crippen MR) is 71.5 cm³/mol. The van der Waals surface area contributed by atoms with Crippen molar-refractivity contribution in [1.29, 1.82) is 5.26 Å². The Kier molecular flexibility index (Phi) is 4.95. The molecule has 1 aromatic rings. The summed E-state index contributed by atoms with van der Waals surface area (Å²) in [5.41, 5.74) is 7.31. The molecule has 0 saturated heterocycles. The molecule has 0 fully saturated rings. The third kappa shape index (κ3) is 4.61. The van der Waals surface area contributed by atoms with Gasteiger partial charge in [0.05, 0.1) is 23.2 Å². The van der Waals surface area contributed by atoms with Crippen molar-refractivity contribution in [3.63, 3.8) is 0 Å². The van der Waals surface area contributed by atoms with Gasteiger partial charge in [0.2, 0.25) is 10.0 Å². The Hall–Kier alpha value is -1.78. The second kappa shape index (κ2) is 6.23. The number of rotatable bonds is 6. The van der Waals surface area contributed by atoms with Crippen molar-refractivity contribution < 1.29 is 8.42 Å². The molecule has 0 unspecified atom stereocenters. The third-order valence-corrected chi connectivity index (χ3v) is 2.99. The number of nitrogen functional groups attached to an aromatic ring is 1. The number of anilines is 2. The Morgan fingerprint density at radius 2 is 2.11 bits per heavy atom. The number of nitriles is 1. The molecule has 18 heavy (non-hydrogen) atoms. The number of nitrogens with zero attached hydrogens (tertiary/aromatic N) is 1. The van der Waals surface area contributed by atoms with Crippen LogP contribution in [0.15, 0.2) is 18.2 Å². The Balaban J connectivity index is 2.43. The zero-order valence-corrected chi connectivity index (χ0v) is 10.9. The molecule has 0 radical (unpaired) electrons. The first-order valence-electron chi connectivity index (χ1n) is 5.41. The molecule has 0 aromatic heterocycles. The maximum Gasteiger partial charge on any atom is 0.208 e. The number of nitrogens with one attached hydrogen (secondary N) is 2. The summed E-state index contributed by atoms with van der Waals surface area (Å²) in [5.74, 6) is 0. The van der Waals surface area contributed by atoms with Gasteiger partial charge in [0.1, 0.15) is 6.07 Å². The molecule has 0 bridgehead atoms. The lowest BCUT2D eigenvalue weighted by molar-refractivity contribution is 0.586. The summed E-state index contributed by atoms with van der Waals surface area (Å²) < 4.78 is 24.0. The minimum atomic E-state index is -3.13. The minimum absolute atomic E-state index is 0.365. The normalized spacial score (nSPS) is 10.9. The first-order valence-corrected chi connectivity index (χ1v) is 7.30. The van der Waals surface area contributed by atoms with Crippen LogP contribution >= 0.6 is 0 Å². The molecule has 1 aromatic carbocycles. The molecule has 0 aliphatic heterocycles. The fourth-order valence-corrected chi connectivity index (χ4v) is 1.90. The number of hydrogen-bond donors (Lipinski definition) is 3. The van der Waals surface area contributed by atoms with Crippen molar-refractivity contribution in [3.05, 3.63) is 23.8 Å². The molecular weight excluding hydrogens is 252 g/mol. The van der Waals surface area contributed by atoms with Crippen molar-refractivity contribution in [2.24, 2.45) is 0 Å². The van der Waals surface area contributed by atoms with Crippen molar-refractivity contribution in [3.8, 4) is 6.07 Å². The summed E-state index contributed by atoms with van der Waals surface area (Å²) in [5, 5.41) is 11.9. The smallest absolute Gasteiger partial charge is 0.208 e. The van der Waals surface area contributed by atoms with E-state index in [2.05, 4.69) is 10.0 Å². The average Bonchev–Trinajstić information content (AvgIpc) is 2.29. The Labute approximate surface area is 107 Å². The van der Waals surface area contributed by atoms with Crippen LogP contribution in [0.5, 0.6) is 0 Å². The van der Waals surface area contributed by atoms with E-state index in [-0.39, 0.29) is 0 Å². The SMILES string of the molecule is CS(=O)(=O)NCCCNc1cccc(C#N)c1N. The number of hydrogen-bond acceptors (Lipinski definition) is 5. The van der Waals surface area contributed by atoms with Crippen LogP contribution in [0.3, 0.4) is 0 Å². The molecule has 4 N–H and O–H groups in total. The summed E-state index contributed by atoms with van der Waals surface area (Å²) >= 11 is 0. The van der Waals surface area contributed by atoms with Gasteiger partial charge < -0.3 is 11.1 Å². The molecule has 0 saturated carbocycles. The van der Waals surface area contributed by atoms with Gasteiger partial charge >= 0.3 is 0 Å². The lowest BCUT2D eigenvalue weighted by atomic mass is 10.1. The molecule has 0 atom stereocenters. The van der Waals surface area contributed by atoms with E-state index in [9.17, 15) is 8.42 Å². The number of nitrogens with two attached hydrogens (primary N) is 1. The molecule has 0 heterocycles. The van der Waals surface area contributed by atoms with Crippen molar-refractivity contribution >= 4 is 21.4 Å². The van der Waals surface area contributed by atoms with Crippen LogP contribution in [0, 0.1) is 11.3 Å². The third-order valence-electron chi connectivity index (χ3n) is 2.26. The predicted octanol–water partition coefficient (Wildman–Crippen LogP) is 0.492. The topological polar surface area (TPSA) is 108 Å². The molecule has 0 amide bonds. The Morgan fingerprint density at radius 1 is 1.39 bits per heavy atom. The first kappa shape index (κ1) is 14.3. The summed E-state index contributed by atoms with van der Waals surface area (Å²) in [6.45, 7) is 0.936. The zero-order valence-electron chi connectivity index (χ0n) is 10.1. The van der Waals surface area contributed by atoms with E-state index in [1.807, 2.05) is 6.07 Å². The summed E-state index contributed by atoms with van der Waals surface area (Å²) in [6.07, 6.45) is 1.75. The zero-order chi connectivity index (χ0) is 13.6. The molecule has 7 heteroatoms. The molecule has 0 aliphatic carbocycles. The van der Waals surface area contributed by atoms with Crippen molar-refractivity contribution in [2.75, 3.05) is 30.4 Å². The average molecular weight is 268 g/mol. The first-order chi connectivity index (χ1) is 8.44. The number of para-hydroxylation sites is 1. The van der Waals surface area contributed by atoms with E-state index >= 15 is 0 Å². The maximum absolute atomic E-state index is 10.8. The minimum Gasteiger partial charge on any atom is -0.396 e. The van der Waals surface area contributed by atoms with E-state index < -0.39 is 10.0 Å². The summed E-state index contributed by atoms with van der Waals surface area (Å²) in [4.78, 5) is 0. The monoisotopic (exact) mass is 268 g/mol. The van der Waals surface area contributed by atoms with Crippen LogP contribution in [0.1, 0.15) is 12.0 Å². The van der Waals surface area contributed by atoms with Gasteiger partial charge in [0, 0.05) is 13.1 Å². The molecule has 98 valence electrons. The maximum atomic E-state index is 10.8. The Morgan fingerprint density at radius 3 is 2.72 bits per heavy atom. The summed E-state index contributed by atoms with van der Waals surface area (Å²) in [6, 6.07) is 7.17. The molecule has 1 rings (SSSR count). The van der Waals surface area contributed by atoms with Gasteiger partial charge in [-0.1, -0.05) is 6.07 Å². The van der Waals surface area contributed by atoms with Gasteiger partial charge in [-0.05, 0) is 18.6 Å². The van der Waals surface area contributed by atoms with Crippen LogP contribution in [-0.4, -0.2) is 27.8 Å². The second-order valence-electron chi connectivity index (χ2n) is 3.83. The van der Waals surface area contributed by atoms with Gasteiger partial charge in [-0.3, -0.25) is 0 Å². The van der Waals surface area contributed by atoms with Crippen molar-refractivity contribution in [2.45, 2.75) is 6.42 Å². The fraction of sp³-hybridized carbons (Fsp3) is 0.364. The lowest BCUT2D eigenvalue weighted by Gasteiger charge is -2.10.